The molecule has 2 saturated carbocycles. The van der Waals surface area contributed by atoms with Crippen LogP contribution in [0.15, 0.2) is 61.2 Å². The Bertz CT molecular complexity index is 2450. The van der Waals surface area contributed by atoms with Crippen LogP contribution in [-0.2, 0) is 38.1 Å². The van der Waals surface area contributed by atoms with Gasteiger partial charge in [-0.15, -0.1) is 0 Å². The van der Waals surface area contributed by atoms with Crippen molar-refractivity contribution in [3.05, 3.63) is 82.6 Å². The van der Waals surface area contributed by atoms with Gasteiger partial charge in [-0.1, -0.05) is 76.9 Å². The molecule has 0 bridgehead atoms. The van der Waals surface area contributed by atoms with Gasteiger partial charge >= 0.3 is 23.9 Å². The van der Waals surface area contributed by atoms with E-state index >= 15 is 0 Å². The number of rotatable bonds is 24. The molecule has 2 aliphatic carbocycles. The van der Waals surface area contributed by atoms with Crippen LogP contribution in [0.3, 0.4) is 0 Å². The minimum Gasteiger partial charge on any atom is -0.462 e. The molecule has 0 unspecified atom stereocenters. The van der Waals surface area contributed by atoms with Crippen LogP contribution < -0.4 is 20.4 Å². The first kappa shape index (κ1) is 62.5. The lowest BCUT2D eigenvalue weighted by atomic mass is 9.90. The zero-order valence-electron chi connectivity index (χ0n) is 48.7. The molecule has 79 heavy (non-hydrogen) atoms. The van der Waals surface area contributed by atoms with Crippen molar-refractivity contribution >= 4 is 81.5 Å². The van der Waals surface area contributed by atoms with Gasteiger partial charge in [0, 0.05) is 38.0 Å². The van der Waals surface area contributed by atoms with Gasteiger partial charge in [-0.3, -0.25) is 19.2 Å². The van der Waals surface area contributed by atoms with Crippen LogP contribution in [0, 0.1) is 11.8 Å². The quantitative estimate of drug-likeness (QED) is 0.0498. The van der Waals surface area contributed by atoms with Gasteiger partial charge in [0.15, 0.2) is 0 Å². The Hall–Kier alpha value is -5.74. The fourth-order valence-electron chi connectivity index (χ4n) is 10.4. The number of ether oxygens (including phenoxy) is 4. The summed E-state index contributed by atoms with van der Waals surface area (Å²) in [6, 6.07) is 13.0. The molecule has 0 saturated heterocycles. The van der Waals surface area contributed by atoms with Gasteiger partial charge in [0.25, 0.3) is 0 Å². The van der Waals surface area contributed by atoms with E-state index in [0.29, 0.717) is 40.2 Å². The maximum Gasteiger partial charge on any atom is 0.306 e. The van der Waals surface area contributed by atoms with Gasteiger partial charge in [-0.2, -0.15) is 0 Å². The van der Waals surface area contributed by atoms with Crippen molar-refractivity contribution in [2.24, 2.45) is 11.8 Å². The molecule has 0 radical (unpaired) electrons. The molecule has 2 fully saturated rings. The number of halogens is 2. The fourth-order valence-corrected chi connectivity index (χ4v) is 10.6. The Kier molecular flexibility index (Phi) is 22.6. The summed E-state index contributed by atoms with van der Waals surface area (Å²) < 4.78 is 23.3. The van der Waals surface area contributed by atoms with E-state index in [-0.39, 0.29) is 85.7 Å². The third-order valence-electron chi connectivity index (χ3n) is 14.0. The van der Waals surface area contributed by atoms with E-state index in [9.17, 15) is 19.2 Å². The van der Waals surface area contributed by atoms with E-state index in [1.54, 1.807) is 12.4 Å². The molecule has 16 nitrogen and oxygen atoms in total. The lowest BCUT2D eigenvalue weighted by Gasteiger charge is -2.40. The molecule has 2 aliphatic rings. The van der Waals surface area contributed by atoms with E-state index in [4.69, 9.17) is 42.1 Å². The number of carbonyl (C=O) groups excluding carboxylic acids is 4. The van der Waals surface area contributed by atoms with Crippen molar-refractivity contribution in [1.29, 1.82) is 0 Å². The van der Waals surface area contributed by atoms with E-state index in [1.165, 1.54) is 12.4 Å². The molecule has 2 aromatic carbocycles. The number of nitrogens with one attached hydrogen (secondary N) is 2. The van der Waals surface area contributed by atoms with Crippen molar-refractivity contribution in [2.45, 2.75) is 214 Å². The van der Waals surface area contributed by atoms with Crippen LogP contribution in [0.5, 0.6) is 0 Å². The zero-order chi connectivity index (χ0) is 57.6. The Morgan fingerprint density at radius 1 is 0.544 bits per heavy atom. The first-order valence-electron chi connectivity index (χ1n) is 28.4. The summed E-state index contributed by atoms with van der Waals surface area (Å²) in [5.74, 6) is 0.501. The smallest absolute Gasteiger partial charge is 0.306 e. The van der Waals surface area contributed by atoms with Gasteiger partial charge in [-0.05, 0) is 158 Å². The second kappa shape index (κ2) is 28.6. The summed E-state index contributed by atoms with van der Waals surface area (Å²) in [4.78, 5) is 74.4. The van der Waals surface area contributed by atoms with Crippen molar-refractivity contribution in [2.75, 3.05) is 33.5 Å². The highest BCUT2D eigenvalue weighted by molar-refractivity contribution is 6.29. The number of aromatic nitrogens is 4. The second-order valence-corrected chi connectivity index (χ2v) is 25.2. The average molecular weight is 1130 g/mol. The van der Waals surface area contributed by atoms with Gasteiger partial charge < -0.3 is 39.4 Å². The first-order chi connectivity index (χ1) is 37.3. The molecular weight excluding hydrogens is 1040 g/mol. The standard InChI is InChI=1S/C61H86Cl2N8O8/c1-38(2)36-70(50-26-16-42(40(5)28-58(74)78-60(7,8)9)30-48(50)68-54-34-64-52(62)32-66-54)44-18-22-46(23-19-44)76-56(72)14-13-15-57(73)77-47-24-20-45(21-25-47)71(37-39(3)4)51-27-17-43(41(6)29-59(75)79-61(10,11)12)31-49(51)69-55-35-65-53(63)33-67-55/h16-17,26-27,30-35,38-41,44-47H,13-15,18-25,28-29,36-37H2,1-12H3,(H,66,68)(H,67,69)/t40-,41-,44-,45-,46-,47-/m1/s1. The maximum atomic E-state index is 13.2. The molecule has 0 spiro atoms. The minimum atomic E-state index is -0.570. The second-order valence-electron chi connectivity index (χ2n) is 24.4. The third kappa shape index (κ3) is 20.4. The van der Waals surface area contributed by atoms with Crippen molar-refractivity contribution in [3.63, 3.8) is 0 Å². The topological polar surface area (TPSA) is 187 Å². The summed E-state index contributed by atoms with van der Waals surface area (Å²) in [6.07, 6.45) is 13.1. The summed E-state index contributed by atoms with van der Waals surface area (Å²) >= 11 is 12.2. The molecular formula is C61H86Cl2N8O8. The third-order valence-corrected chi connectivity index (χ3v) is 14.4. The summed E-state index contributed by atoms with van der Waals surface area (Å²) in [6.45, 7) is 25.7. The van der Waals surface area contributed by atoms with E-state index in [2.05, 4.69) is 104 Å². The van der Waals surface area contributed by atoms with Crippen molar-refractivity contribution in [1.82, 2.24) is 19.9 Å². The molecule has 0 amide bonds. The molecule has 2 atom stereocenters. The van der Waals surface area contributed by atoms with E-state index in [1.807, 2.05) is 55.4 Å². The lowest BCUT2D eigenvalue weighted by Crippen LogP contribution is -2.42. The summed E-state index contributed by atoms with van der Waals surface area (Å²) in [7, 11) is 0. The van der Waals surface area contributed by atoms with Gasteiger partial charge in [0.1, 0.15) is 45.4 Å². The van der Waals surface area contributed by atoms with Gasteiger partial charge in [-0.25, -0.2) is 19.9 Å². The molecule has 18 heteroatoms. The summed E-state index contributed by atoms with van der Waals surface area (Å²) in [5.41, 5.74) is 4.53. The molecule has 4 aromatic rings. The fraction of sp³-hybridized carbons (Fsp3) is 0.607. The predicted molar refractivity (Wildman–Crippen MR) is 314 cm³/mol. The Morgan fingerprint density at radius 3 is 1.23 bits per heavy atom. The van der Waals surface area contributed by atoms with Crippen molar-refractivity contribution < 1.29 is 38.1 Å². The highest BCUT2D eigenvalue weighted by Gasteiger charge is 2.33. The number of hydrogen-bond acceptors (Lipinski definition) is 16. The van der Waals surface area contributed by atoms with Crippen LogP contribution in [-0.4, -0.2) is 92.4 Å². The largest absolute Gasteiger partial charge is 0.462 e. The maximum absolute atomic E-state index is 13.2. The Balaban J connectivity index is 1.01. The number of benzene rings is 2. The van der Waals surface area contributed by atoms with Crippen LogP contribution in [0.2, 0.25) is 10.3 Å². The van der Waals surface area contributed by atoms with Crippen molar-refractivity contribution in [3.8, 4) is 0 Å². The van der Waals surface area contributed by atoms with Gasteiger partial charge in [0.2, 0.25) is 0 Å². The molecule has 0 aliphatic heterocycles. The van der Waals surface area contributed by atoms with Crippen LogP contribution in [0.1, 0.15) is 190 Å². The average Bonchev–Trinajstić information content (AvgIpc) is 3.36. The van der Waals surface area contributed by atoms with Crippen LogP contribution in [0.4, 0.5) is 34.4 Å². The Labute approximate surface area is 479 Å². The molecule has 2 aromatic heterocycles. The number of anilines is 6. The predicted octanol–water partition coefficient (Wildman–Crippen LogP) is 14.2. The normalized spacial score (nSPS) is 18.5. The summed E-state index contributed by atoms with van der Waals surface area (Å²) in [5, 5.41) is 7.57. The first-order valence-corrected chi connectivity index (χ1v) is 29.2. The number of esters is 4. The molecule has 2 heterocycles. The highest BCUT2D eigenvalue weighted by atomic mass is 35.5. The van der Waals surface area contributed by atoms with E-state index < -0.39 is 11.2 Å². The molecule has 432 valence electrons. The number of nitrogens with zero attached hydrogens (tertiary/aromatic N) is 6. The monoisotopic (exact) mass is 1130 g/mol. The Morgan fingerprint density at radius 2 is 0.911 bits per heavy atom. The number of carbonyl (C=O) groups is 4. The lowest BCUT2D eigenvalue weighted by molar-refractivity contribution is -0.156. The van der Waals surface area contributed by atoms with Crippen LogP contribution in [0.25, 0.3) is 0 Å². The molecule has 6 rings (SSSR count). The number of hydrogen-bond donors (Lipinski definition) is 2. The zero-order valence-corrected chi connectivity index (χ0v) is 50.2. The van der Waals surface area contributed by atoms with Gasteiger partial charge in [0.05, 0.1) is 60.4 Å². The van der Waals surface area contributed by atoms with Crippen LogP contribution >= 0.6 is 23.2 Å². The SMILES string of the molecule is CC(C)CN(c1ccc([C@H](C)CC(=O)OC(C)(C)C)cc1Nc1cnc(Cl)cn1)[C@H]1CC[C@H](OC(=O)CCCC(=O)O[C@H]2CC[C@H](N(CC(C)C)c3ccc([C@H](C)CC(=O)OC(C)(C)C)cc3Nc3cnc(Cl)cn3)CC2)CC1. The minimum absolute atomic E-state index is 0.100. The molecule has 2 N–H and O–H groups in total. The highest BCUT2D eigenvalue weighted by Crippen LogP contribution is 2.40. The van der Waals surface area contributed by atoms with E-state index in [0.717, 1.165) is 98.3 Å².